The summed E-state index contributed by atoms with van der Waals surface area (Å²) in [7, 11) is 0. The number of Topliss-reactive ketones (excluding diaryl/α,β-unsaturated/α-hetero) is 2. The quantitative estimate of drug-likeness (QED) is 0.323. The second-order valence-corrected chi connectivity index (χ2v) is 1.75. The fourth-order valence-electron chi connectivity index (χ4n) is 0.601. The van der Waals surface area contributed by atoms with Crippen LogP contribution < -0.4 is 0 Å². The molecule has 0 N–H and O–H groups in total. The van der Waals surface area contributed by atoms with E-state index in [1.165, 1.54) is 0 Å². The Morgan fingerprint density at radius 2 is 1.56 bits per heavy atom. The molecule has 0 aromatic carbocycles. The van der Waals surface area contributed by atoms with E-state index in [2.05, 4.69) is 4.74 Å². The zero-order valence-electron chi connectivity index (χ0n) is 5.35. The molecule has 1 rings (SSSR count). The molecule has 0 amide bonds. The van der Waals surface area contributed by atoms with Gasteiger partial charge in [-0.25, -0.2) is 0 Å². The number of rotatable bonds is 0. The predicted octanol–water partition coefficient (Wildman–Crippen LogP) is -0.836. The minimum Gasteiger partial charge on any atom is -0.366 e. The van der Waals surface area contributed by atoms with E-state index in [1.807, 2.05) is 0 Å². The molecule has 1 heterocycles. The molecule has 3 nitrogen and oxygen atoms in total. The number of carbonyl (C=O) groups is 2. The Hall–Kier alpha value is 0.300. The van der Waals surface area contributed by atoms with Crippen molar-refractivity contribution in [1.82, 2.24) is 0 Å². The topological polar surface area (TPSA) is 43.4 Å². The van der Waals surface area contributed by atoms with Gasteiger partial charge in [-0.3, -0.25) is 9.59 Å². The van der Waals surface area contributed by atoms with E-state index in [9.17, 15) is 9.59 Å². The molecule has 9 heavy (non-hydrogen) atoms. The molecule has 0 aliphatic carbocycles. The van der Waals surface area contributed by atoms with Crippen molar-refractivity contribution in [3.05, 3.63) is 0 Å². The van der Waals surface area contributed by atoms with E-state index in [4.69, 9.17) is 0 Å². The molecule has 45 valence electrons. The van der Waals surface area contributed by atoms with Gasteiger partial charge in [0.2, 0.25) is 0 Å². The molecule has 0 atom stereocenters. The molecule has 0 spiro atoms. The normalized spacial score (nSPS) is 19.1. The van der Waals surface area contributed by atoms with Gasteiger partial charge in [0.05, 0.1) is 6.42 Å². The van der Waals surface area contributed by atoms with Crippen LogP contribution in [0.15, 0.2) is 0 Å². The first-order chi connectivity index (χ1) is 3.79. The van der Waals surface area contributed by atoms with Crippen molar-refractivity contribution in [1.29, 1.82) is 0 Å². The summed E-state index contributed by atoms with van der Waals surface area (Å²) >= 11 is 0. The Bertz CT molecular complexity index is 118. The van der Waals surface area contributed by atoms with Crippen LogP contribution in [0, 0.1) is 0 Å². The third-order valence-electron chi connectivity index (χ3n) is 0.920. The van der Waals surface area contributed by atoms with E-state index in [0.29, 0.717) is 0 Å². The maximum absolute atomic E-state index is 10.3. The van der Waals surface area contributed by atoms with Crippen LogP contribution in [0.5, 0.6) is 0 Å². The molecule has 0 unspecified atom stereocenters. The largest absolute Gasteiger partial charge is 0.366 e. The summed E-state index contributed by atoms with van der Waals surface area (Å²) < 4.78 is 4.59. The van der Waals surface area contributed by atoms with E-state index in [1.54, 1.807) is 0 Å². The van der Waals surface area contributed by atoms with Crippen molar-refractivity contribution in [2.45, 2.75) is 6.42 Å². The summed E-state index contributed by atoms with van der Waals surface area (Å²) in [5.41, 5.74) is 0. The number of hydrogen-bond donors (Lipinski definition) is 0. The minimum absolute atomic E-state index is 0. The van der Waals surface area contributed by atoms with Crippen LogP contribution in [-0.2, 0) is 14.3 Å². The number of ketones is 2. The van der Waals surface area contributed by atoms with E-state index < -0.39 is 0 Å². The van der Waals surface area contributed by atoms with Crippen LogP contribution in [-0.4, -0.2) is 54.3 Å². The monoisotopic (exact) mass is 137 g/mol. The first kappa shape index (κ1) is 9.30. The average Bonchev–Trinajstić information content (AvgIpc) is 1.64. The summed E-state index contributed by atoms with van der Waals surface area (Å²) in [6, 6.07) is 0. The number of carbonyl (C=O) groups excluding carboxylic acids is 2. The molecule has 0 bridgehead atoms. The summed E-state index contributed by atoms with van der Waals surface area (Å²) in [6.07, 6.45) is 0.0694. The third-order valence-corrected chi connectivity index (χ3v) is 0.920. The van der Waals surface area contributed by atoms with Gasteiger partial charge >= 0.3 is 0 Å². The Morgan fingerprint density at radius 3 is 1.78 bits per heavy atom. The fourth-order valence-corrected chi connectivity index (χ4v) is 0.601. The van der Waals surface area contributed by atoms with Crippen molar-refractivity contribution in [2.75, 3.05) is 13.2 Å². The van der Waals surface area contributed by atoms with Gasteiger partial charge in [0.1, 0.15) is 13.2 Å². The summed E-state index contributed by atoms with van der Waals surface area (Å²) in [6.45, 7) is 0.234. The van der Waals surface area contributed by atoms with Crippen molar-refractivity contribution < 1.29 is 14.3 Å². The SMILES string of the molecule is O=C1COCC(=O)C1.[Na]. The van der Waals surface area contributed by atoms with Crippen molar-refractivity contribution in [3.63, 3.8) is 0 Å². The Morgan fingerprint density at radius 1 is 1.11 bits per heavy atom. The van der Waals surface area contributed by atoms with Gasteiger partial charge in [-0.2, -0.15) is 0 Å². The first-order valence-corrected chi connectivity index (χ1v) is 2.40. The maximum Gasteiger partial charge on any atom is 0.165 e. The Kier molecular flexibility index (Phi) is 4.31. The van der Waals surface area contributed by atoms with Gasteiger partial charge in [-0.15, -0.1) is 0 Å². The first-order valence-electron chi connectivity index (χ1n) is 2.40. The van der Waals surface area contributed by atoms with Crippen molar-refractivity contribution in [2.24, 2.45) is 0 Å². The zero-order chi connectivity index (χ0) is 5.98. The molecular weight excluding hydrogens is 131 g/mol. The van der Waals surface area contributed by atoms with Crippen LogP contribution in [0.1, 0.15) is 6.42 Å². The summed E-state index contributed by atoms with van der Waals surface area (Å²) in [5, 5.41) is 0. The van der Waals surface area contributed by atoms with Crippen molar-refractivity contribution in [3.8, 4) is 0 Å². The average molecular weight is 137 g/mol. The van der Waals surface area contributed by atoms with Crippen LogP contribution in [0.4, 0.5) is 0 Å². The van der Waals surface area contributed by atoms with Crippen LogP contribution in [0.25, 0.3) is 0 Å². The van der Waals surface area contributed by atoms with Gasteiger partial charge in [-0.05, 0) is 0 Å². The third kappa shape index (κ3) is 3.11. The van der Waals surface area contributed by atoms with E-state index in [-0.39, 0.29) is 60.8 Å². The molecule has 1 aliphatic rings. The van der Waals surface area contributed by atoms with E-state index in [0.717, 1.165) is 0 Å². The number of ether oxygens (including phenoxy) is 1. The van der Waals surface area contributed by atoms with Crippen molar-refractivity contribution >= 4 is 41.1 Å². The Balaban J connectivity index is 0.000000640. The standard InChI is InChI=1S/C5H6O3.Na/c6-4-1-5(7)3-8-2-4;/h1-3H2;. The van der Waals surface area contributed by atoms with Gasteiger partial charge < -0.3 is 4.74 Å². The fraction of sp³-hybridized carbons (Fsp3) is 0.600. The number of hydrogen-bond acceptors (Lipinski definition) is 3. The van der Waals surface area contributed by atoms with Crippen LogP contribution in [0.2, 0.25) is 0 Å². The van der Waals surface area contributed by atoms with Gasteiger partial charge in [-0.1, -0.05) is 0 Å². The summed E-state index contributed by atoms with van der Waals surface area (Å²) in [5.74, 6) is -0.220. The molecule has 1 aliphatic heterocycles. The molecule has 1 saturated heterocycles. The second kappa shape index (κ2) is 4.17. The molecular formula is C5H6NaO3. The van der Waals surface area contributed by atoms with Crippen LogP contribution in [0.3, 0.4) is 0 Å². The van der Waals surface area contributed by atoms with Gasteiger partial charge in [0.15, 0.2) is 11.6 Å². The minimum atomic E-state index is -0.110. The molecule has 1 fully saturated rings. The molecule has 0 aromatic heterocycles. The van der Waals surface area contributed by atoms with Gasteiger partial charge in [0.25, 0.3) is 0 Å². The maximum atomic E-state index is 10.3. The molecule has 0 saturated carbocycles. The smallest absolute Gasteiger partial charge is 0.165 e. The summed E-state index contributed by atoms with van der Waals surface area (Å²) in [4.78, 5) is 20.7. The second-order valence-electron chi connectivity index (χ2n) is 1.75. The molecule has 1 radical (unpaired) electrons. The van der Waals surface area contributed by atoms with Crippen LogP contribution >= 0.6 is 0 Å². The van der Waals surface area contributed by atoms with Gasteiger partial charge in [0, 0.05) is 29.6 Å². The molecule has 0 aromatic rings. The predicted molar refractivity (Wildman–Crippen MR) is 31.2 cm³/mol. The van der Waals surface area contributed by atoms with E-state index >= 15 is 0 Å². The molecule has 4 heteroatoms. The zero-order valence-corrected chi connectivity index (χ0v) is 7.35. The Labute approximate surface area is 75.0 Å².